The molecule has 0 aliphatic carbocycles. The molecule has 0 radical (unpaired) electrons. The first-order valence-electron chi connectivity index (χ1n) is 10.5. The van der Waals surface area contributed by atoms with Crippen molar-refractivity contribution in [1.29, 1.82) is 0 Å². The van der Waals surface area contributed by atoms with E-state index in [4.69, 9.17) is 0 Å². The fourth-order valence-electron chi connectivity index (χ4n) is 4.24. The topological polar surface area (TPSA) is 61.6 Å². The van der Waals surface area contributed by atoms with E-state index in [1.807, 2.05) is 46.0 Å². The molecule has 0 bridgehead atoms. The first-order chi connectivity index (χ1) is 13.7. The SMILES string of the molecule is O=C(CN1CCCn2nc([C@H](O)c3ccccc3)cc2C1)N1CCCCCC1. The number of hydrogen-bond donors (Lipinski definition) is 1. The van der Waals surface area contributed by atoms with Crippen LogP contribution in [0.2, 0.25) is 0 Å². The van der Waals surface area contributed by atoms with Crippen molar-refractivity contribution in [1.82, 2.24) is 19.6 Å². The molecule has 1 aromatic carbocycles. The molecule has 1 aromatic heterocycles. The average Bonchev–Trinajstić information content (AvgIpc) is 2.89. The van der Waals surface area contributed by atoms with Gasteiger partial charge < -0.3 is 10.0 Å². The van der Waals surface area contributed by atoms with E-state index in [2.05, 4.69) is 10.00 Å². The lowest BCUT2D eigenvalue weighted by molar-refractivity contribution is -0.132. The zero-order chi connectivity index (χ0) is 19.3. The average molecular weight is 383 g/mol. The van der Waals surface area contributed by atoms with Crippen molar-refractivity contribution in [2.24, 2.45) is 0 Å². The number of nitrogens with zero attached hydrogens (tertiary/aromatic N) is 4. The number of fused-ring (bicyclic) bond motifs is 1. The van der Waals surface area contributed by atoms with Crippen LogP contribution in [-0.4, -0.2) is 56.8 Å². The zero-order valence-corrected chi connectivity index (χ0v) is 16.5. The van der Waals surface area contributed by atoms with Gasteiger partial charge in [0.25, 0.3) is 0 Å². The smallest absolute Gasteiger partial charge is 0.236 e. The molecule has 3 heterocycles. The number of aliphatic hydroxyl groups is 1. The van der Waals surface area contributed by atoms with Crippen LogP contribution in [0.15, 0.2) is 36.4 Å². The number of carbonyl (C=O) groups is 1. The molecule has 1 fully saturated rings. The van der Waals surface area contributed by atoms with Crippen molar-refractivity contribution in [2.75, 3.05) is 26.2 Å². The Morgan fingerprint density at radius 2 is 1.75 bits per heavy atom. The second-order valence-corrected chi connectivity index (χ2v) is 7.96. The molecule has 28 heavy (non-hydrogen) atoms. The molecule has 2 aliphatic rings. The van der Waals surface area contributed by atoms with E-state index in [0.29, 0.717) is 18.8 Å². The van der Waals surface area contributed by atoms with Gasteiger partial charge in [0.05, 0.1) is 17.9 Å². The van der Waals surface area contributed by atoms with Crippen LogP contribution in [0.1, 0.15) is 55.2 Å². The normalized spacial score (nSPS) is 19.5. The Hall–Kier alpha value is -2.18. The molecule has 6 nitrogen and oxygen atoms in total. The highest BCUT2D eigenvalue weighted by atomic mass is 16.3. The molecule has 4 rings (SSSR count). The van der Waals surface area contributed by atoms with Gasteiger partial charge >= 0.3 is 0 Å². The third-order valence-electron chi connectivity index (χ3n) is 5.83. The summed E-state index contributed by atoms with van der Waals surface area (Å²) in [7, 11) is 0. The van der Waals surface area contributed by atoms with Crippen LogP contribution in [0.4, 0.5) is 0 Å². The lowest BCUT2D eigenvalue weighted by atomic mass is 10.1. The largest absolute Gasteiger partial charge is 0.382 e. The lowest BCUT2D eigenvalue weighted by Crippen LogP contribution is -2.40. The molecule has 1 N–H and O–H groups in total. The lowest BCUT2D eigenvalue weighted by Gasteiger charge is -2.25. The van der Waals surface area contributed by atoms with Gasteiger partial charge in [0, 0.05) is 32.7 Å². The van der Waals surface area contributed by atoms with Crippen molar-refractivity contribution in [3.63, 3.8) is 0 Å². The number of benzene rings is 1. The Kier molecular flexibility index (Phi) is 6.07. The minimum atomic E-state index is -0.715. The minimum Gasteiger partial charge on any atom is -0.382 e. The third kappa shape index (κ3) is 4.45. The molecule has 6 heteroatoms. The predicted octanol–water partition coefficient (Wildman–Crippen LogP) is 2.57. The van der Waals surface area contributed by atoms with Crippen molar-refractivity contribution in [3.05, 3.63) is 53.3 Å². The summed E-state index contributed by atoms with van der Waals surface area (Å²) >= 11 is 0. The van der Waals surface area contributed by atoms with Gasteiger partial charge in [-0.1, -0.05) is 43.2 Å². The second kappa shape index (κ2) is 8.88. The van der Waals surface area contributed by atoms with Gasteiger partial charge in [-0.25, -0.2) is 0 Å². The van der Waals surface area contributed by atoms with Crippen LogP contribution in [0.3, 0.4) is 0 Å². The number of carbonyl (C=O) groups excluding carboxylic acids is 1. The fourth-order valence-corrected chi connectivity index (χ4v) is 4.24. The number of aromatic nitrogens is 2. The maximum atomic E-state index is 12.8. The van der Waals surface area contributed by atoms with Gasteiger partial charge in [0.1, 0.15) is 6.10 Å². The highest BCUT2D eigenvalue weighted by Crippen LogP contribution is 2.23. The van der Waals surface area contributed by atoms with Crippen molar-refractivity contribution in [3.8, 4) is 0 Å². The molecule has 150 valence electrons. The van der Waals surface area contributed by atoms with Gasteiger partial charge in [-0.2, -0.15) is 5.10 Å². The predicted molar refractivity (Wildman–Crippen MR) is 108 cm³/mol. The van der Waals surface area contributed by atoms with E-state index >= 15 is 0 Å². The standard InChI is InChI=1S/C22H30N4O2/c27-21(25-12-6-1-2-7-13-25)17-24-11-8-14-26-19(16-24)15-20(23-26)22(28)18-9-4-3-5-10-18/h3-5,9-10,15,22,28H,1-2,6-8,11-14,16-17H2/t22-/m1/s1. The van der Waals surface area contributed by atoms with Crippen LogP contribution in [0.25, 0.3) is 0 Å². The van der Waals surface area contributed by atoms with Crippen molar-refractivity contribution >= 4 is 5.91 Å². The van der Waals surface area contributed by atoms with Crippen LogP contribution in [0, 0.1) is 0 Å². The Morgan fingerprint density at radius 3 is 2.50 bits per heavy atom. The number of likely N-dealkylation sites (tertiary alicyclic amines) is 1. The molecule has 1 atom stereocenters. The quantitative estimate of drug-likeness (QED) is 0.883. The van der Waals surface area contributed by atoms with Gasteiger partial charge in [0.2, 0.25) is 5.91 Å². The van der Waals surface area contributed by atoms with Gasteiger partial charge in [-0.05, 0) is 30.9 Å². The van der Waals surface area contributed by atoms with E-state index < -0.39 is 6.10 Å². The van der Waals surface area contributed by atoms with E-state index in [-0.39, 0.29) is 5.91 Å². The summed E-state index contributed by atoms with van der Waals surface area (Å²) in [4.78, 5) is 17.0. The Labute approximate surface area is 166 Å². The molecule has 2 aromatic rings. The fraction of sp³-hybridized carbons (Fsp3) is 0.545. The monoisotopic (exact) mass is 382 g/mol. The maximum Gasteiger partial charge on any atom is 0.236 e. The minimum absolute atomic E-state index is 0.249. The first kappa shape index (κ1) is 19.2. The number of amides is 1. The van der Waals surface area contributed by atoms with Crippen LogP contribution >= 0.6 is 0 Å². The van der Waals surface area contributed by atoms with E-state index in [0.717, 1.165) is 56.7 Å². The highest BCUT2D eigenvalue weighted by Gasteiger charge is 2.23. The molecular formula is C22H30N4O2. The molecule has 1 amide bonds. The van der Waals surface area contributed by atoms with Crippen LogP contribution in [0.5, 0.6) is 0 Å². The molecule has 0 saturated carbocycles. The van der Waals surface area contributed by atoms with E-state index in [9.17, 15) is 9.90 Å². The summed E-state index contributed by atoms with van der Waals surface area (Å²) in [6, 6.07) is 11.6. The summed E-state index contributed by atoms with van der Waals surface area (Å²) in [6.45, 7) is 4.71. The van der Waals surface area contributed by atoms with Crippen molar-refractivity contribution in [2.45, 2.75) is 51.3 Å². The molecule has 1 saturated heterocycles. The van der Waals surface area contributed by atoms with Gasteiger partial charge in [-0.3, -0.25) is 14.4 Å². The Bertz CT molecular complexity index is 781. The first-order valence-corrected chi connectivity index (χ1v) is 10.5. The van der Waals surface area contributed by atoms with Gasteiger partial charge in [-0.15, -0.1) is 0 Å². The Morgan fingerprint density at radius 1 is 1.00 bits per heavy atom. The van der Waals surface area contributed by atoms with Crippen molar-refractivity contribution < 1.29 is 9.90 Å². The third-order valence-corrected chi connectivity index (χ3v) is 5.83. The zero-order valence-electron chi connectivity index (χ0n) is 16.5. The maximum absolute atomic E-state index is 12.8. The second-order valence-electron chi connectivity index (χ2n) is 7.96. The summed E-state index contributed by atoms with van der Waals surface area (Å²) in [6.07, 6.45) is 4.97. The molecule has 2 aliphatic heterocycles. The van der Waals surface area contributed by atoms with Crippen LogP contribution < -0.4 is 0 Å². The summed E-state index contributed by atoms with van der Waals surface area (Å²) in [5.74, 6) is 0.249. The highest BCUT2D eigenvalue weighted by molar-refractivity contribution is 5.78. The molecule has 0 spiro atoms. The van der Waals surface area contributed by atoms with E-state index in [1.165, 1.54) is 12.8 Å². The van der Waals surface area contributed by atoms with E-state index in [1.54, 1.807) is 0 Å². The summed E-state index contributed by atoms with van der Waals surface area (Å²) in [5.41, 5.74) is 2.61. The number of aryl methyl sites for hydroxylation is 1. The number of rotatable bonds is 4. The summed E-state index contributed by atoms with van der Waals surface area (Å²) in [5, 5.41) is 15.3. The van der Waals surface area contributed by atoms with Gasteiger partial charge in [0.15, 0.2) is 0 Å². The molecule has 0 unspecified atom stereocenters. The number of aliphatic hydroxyl groups excluding tert-OH is 1. The number of hydrogen-bond acceptors (Lipinski definition) is 4. The van der Waals surface area contributed by atoms with Crippen LogP contribution in [-0.2, 0) is 17.9 Å². The summed E-state index contributed by atoms with van der Waals surface area (Å²) < 4.78 is 2.00. The Balaban J connectivity index is 1.43. The molecular weight excluding hydrogens is 352 g/mol.